The van der Waals surface area contributed by atoms with Crippen LogP contribution in [0, 0.1) is 0 Å². The summed E-state index contributed by atoms with van der Waals surface area (Å²) in [5.41, 5.74) is -0.422. The predicted octanol–water partition coefficient (Wildman–Crippen LogP) is 4.47. The average molecular weight is 475 g/mol. The molecule has 0 radical (unpaired) electrons. The van der Waals surface area contributed by atoms with Crippen molar-refractivity contribution < 1.29 is 37.0 Å². The number of methoxy groups -OCH3 is 3. The smallest absolute Gasteiger partial charge is 0.416 e. The molecule has 1 aliphatic heterocycles. The quantitative estimate of drug-likeness (QED) is 0.551. The van der Waals surface area contributed by atoms with Crippen molar-refractivity contribution in [1.82, 2.24) is 4.90 Å². The minimum atomic E-state index is -4.69. The van der Waals surface area contributed by atoms with Gasteiger partial charge >= 0.3 is 18.1 Å². The number of esters is 2. The van der Waals surface area contributed by atoms with Crippen LogP contribution >= 0.6 is 0 Å². The van der Waals surface area contributed by atoms with Gasteiger partial charge in [-0.25, -0.2) is 9.59 Å². The highest BCUT2D eigenvalue weighted by atomic mass is 19.4. The number of ether oxygens (including phenoxy) is 3. The van der Waals surface area contributed by atoms with Crippen LogP contribution < -0.4 is 4.74 Å². The molecule has 0 fully saturated rings. The van der Waals surface area contributed by atoms with Crippen LogP contribution in [0.25, 0.3) is 0 Å². The Morgan fingerprint density at radius 1 is 0.882 bits per heavy atom. The number of benzene rings is 2. The van der Waals surface area contributed by atoms with Crippen LogP contribution in [0.2, 0.25) is 0 Å². The molecule has 1 heterocycles. The molecule has 0 saturated heterocycles. The number of halogens is 3. The standard InChI is InChI=1S/C25H24F3NO5/c1-32-17-10-8-16(9-11-17)12-13-29-14-19(23(30)33-2)22(20(15-29)24(31)34-3)18-6-4-5-7-21(18)25(26,27)28/h4-11,14-15,22H,12-13H2,1-3H3. The van der Waals surface area contributed by atoms with Gasteiger partial charge in [-0.3, -0.25) is 0 Å². The van der Waals surface area contributed by atoms with Crippen LogP contribution in [0.3, 0.4) is 0 Å². The summed E-state index contributed by atoms with van der Waals surface area (Å²) < 4.78 is 56.2. The summed E-state index contributed by atoms with van der Waals surface area (Å²) in [5, 5.41) is 0. The van der Waals surface area contributed by atoms with Crippen molar-refractivity contribution in [2.75, 3.05) is 27.9 Å². The fraction of sp³-hybridized carbons (Fsp3) is 0.280. The van der Waals surface area contributed by atoms with Gasteiger partial charge in [0.2, 0.25) is 0 Å². The molecule has 3 rings (SSSR count). The monoisotopic (exact) mass is 475 g/mol. The van der Waals surface area contributed by atoms with E-state index in [9.17, 15) is 22.8 Å². The van der Waals surface area contributed by atoms with Gasteiger partial charge in [0.25, 0.3) is 0 Å². The van der Waals surface area contributed by atoms with Gasteiger partial charge in [-0.15, -0.1) is 0 Å². The van der Waals surface area contributed by atoms with E-state index < -0.39 is 29.6 Å². The van der Waals surface area contributed by atoms with Crippen molar-refractivity contribution in [3.63, 3.8) is 0 Å². The first kappa shape index (κ1) is 24.9. The van der Waals surface area contributed by atoms with E-state index in [0.717, 1.165) is 25.8 Å². The van der Waals surface area contributed by atoms with Crippen LogP contribution in [-0.4, -0.2) is 44.7 Å². The first-order valence-electron chi connectivity index (χ1n) is 10.3. The normalized spacial score (nSPS) is 14.2. The highest BCUT2D eigenvalue weighted by Crippen LogP contribution is 2.43. The van der Waals surface area contributed by atoms with Crippen molar-refractivity contribution in [2.45, 2.75) is 18.5 Å². The largest absolute Gasteiger partial charge is 0.497 e. The molecule has 0 aliphatic carbocycles. The van der Waals surface area contributed by atoms with Gasteiger partial charge in [0.05, 0.1) is 44.0 Å². The number of carbonyl (C=O) groups is 2. The van der Waals surface area contributed by atoms with Gasteiger partial charge in [0.1, 0.15) is 5.75 Å². The minimum absolute atomic E-state index is 0.100. The van der Waals surface area contributed by atoms with E-state index in [1.165, 1.54) is 30.6 Å². The van der Waals surface area contributed by atoms with E-state index >= 15 is 0 Å². The summed E-state index contributed by atoms with van der Waals surface area (Å²) in [6, 6.07) is 12.2. The summed E-state index contributed by atoms with van der Waals surface area (Å²) >= 11 is 0. The summed E-state index contributed by atoms with van der Waals surface area (Å²) in [7, 11) is 3.83. The second kappa shape index (κ2) is 10.5. The van der Waals surface area contributed by atoms with Crippen molar-refractivity contribution in [3.8, 4) is 5.75 Å². The van der Waals surface area contributed by atoms with E-state index in [-0.39, 0.29) is 16.7 Å². The average Bonchev–Trinajstić information content (AvgIpc) is 2.85. The molecule has 0 atom stereocenters. The van der Waals surface area contributed by atoms with Gasteiger partial charge < -0.3 is 19.1 Å². The van der Waals surface area contributed by atoms with Crippen LogP contribution in [0.5, 0.6) is 5.75 Å². The van der Waals surface area contributed by atoms with Gasteiger partial charge in [-0.1, -0.05) is 30.3 Å². The predicted molar refractivity (Wildman–Crippen MR) is 118 cm³/mol. The Balaban J connectivity index is 2.03. The number of carbonyl (C=O) groups excluding carboxylic acids is 2. The Bertz CT molecular complexity index is 1070. The third kappa shape index (κ3) is 5.41. The fourth-order valence-corrected chi connectivity index (χ4v) is 3.81. The Morgan fingerprint density at radius 2 is 1.44 bits per heavy atom. The van der Waals surface area contributed by atoms with E-state index in [1.54, 1.807) is 24.1 Å². The number of alkyl halides is 3. The zero-order valence-electron chi connectivity index (χ0n) is 18.9. The zero-order valence-corrected chi connectivity index (χ0v) is 18.9. The molecule has 0 amide bonds. The topological polar surface area (TPSA) is 65.1 Å². The lowest BCUT2D eigenvalue weighted by molar-refractivity contribution is -0.140. The Hall–Kier alpha value is -3.75. The summed E-state index contributed by atoms with van der Waals surface area (Å²) in [6.45, 7) is 0.348. The van der Waals surface area contributed by atoms with Crippen LogP contribution in [0.4, 0.5) is 13.2 Å². The maximum absolute atomic E-state index is 13.8. The molecule has 0 N–H and O–H groups in total. The van der Waals surface area contributed by atoms with E-state index in [2.05, 4.69) is 0 Å². The molecule has 34 heavy (non-hydrogen) atoms. The molecule has 2 aromatic rings. The second-order valence-corrected chi connectivity index (χ2v) is 7.51. The third-order valence-electron chi connectivity index (χ3n) is 5.47. The number of hydrogen-bond acceptors (Lipinski definition) is 6. The van der Waals surface area contributed by atoms with Gasteiger partial charge in [-0.05, 0) is 35.7 Å². The molecular formula is C25H24F3NO5. The van der Waals surface area contributed by atoms with Gasteiger partial charge in [0.15, 0.2) is 0 Å². The lowest BCUT2D eigenvalue weighted by Gasteiger charge is -2.31. The van der Waals surface area contributed by atoms with Crippen LogP contribution in [0.15, 0.2) is 72.1 Å². The highest BCUT2D eigenvalue weighted by molar-refractivity contribution is 5.98. The van der Waals surface area contributed by atoms with Crippen LogP contribution in [0.1, 0.15) is 22.6 Å². The molecule has 0 saturated carbocycles. The number of rotatable bonds is 7. The first-order chi connectivity index (χ1) is 16.2. The summed E-state index contributed by atoms with van der Waals surface area (Å²) in [6.07, 6.45) is -1.33. The van der Waals surface area contributed by atoms with E-state index in [1.807, 2.05) is 12.1 Å². The number of nitrogens with zero attached hydrogens (tertiary/aromatic N) is 1. The molecular weight excluding hydrogens is 451 g/mol. The Labute approximate surface area is 195 Å². The minimum Gasteiger partial charge on any atom is -0.497 e. The molecule has 9 heteroatoms. The summed E-state index contributed by atoms with van der Waals surface area (Å²) in [5.74, 6) is -2.29. The molecule has 6 nitrogen and oxygen atoms in total. The highest BCUT2D eigenvalue weighted by Gasteiger charge is 2.41. The molecule has 0 aromatic heterocycles. The maximum atomic E-state index is 13.8. The van der Waals surface area contributed by atoms with Gasteiger partial charge in [0, 0.05) is 18.9 Å². The summed E-state index contributed by atoms with van der Waals surface area (Å²) in [4.78, 5) is 26.9. The molecule has 180 valence electrons. The molecule has 0 unspecified atom stereocenters. The lowest BCUT2D eigenvalue weighted by Crippen LogP contribution is -2.30. The molecule has 1 aliphatic rings. The fourth-order valence-electron chi connectivity index (χ4n) is 3.81. The van der Waals surface area contributed by atoms with E-state index in [4.69, 9.17) is 14.2 Å². The molecule has 2 aromatic carbocycles. The zero-order chi connectivity index (χ0) is 24.9. The van der Waals surface area contributed by atoms with Gasteiger partial charge in [-0.2, -0.15) is 13.2 Å². The van der Waals surface area contributed by atoms with Crippen LogP contribution in [-0.2, 0) is 31.7 Å². The lowest BCUT2D eigenvalue weighted by atomic mass is 9.81. The third-order valence-corrected chi connectivity index (χ3v) is 5.47. The molecule has 0 spiro atoms. The van der Waals surface area contributed by atoms with Crippen molar-refractivity contribution in [2.24, 2.45) is 0 Å². The SMILES string of the molecule is COC(=O)C1=CN(CCc2ccc(OC)cc2)C=C(C(=O)OC)C1c1ccccc1C(F)(F)F. The molecule has 0 bridgehead atoms. The van der Waals surface area contributed by atoms with Crippen molar-refractivity contribution in [1.29, 1.82) is 0 Å². The number of hydrogen-bond donors (Lipinski definition) is 0. The Morgan fingerprint density at radius 3 is 1.94 bits per heavy atom. The maximum Gasteiger partial charge on any atom is 0.416 e. The van der Waals surface area contributed by atoms with Crippen molar-refractivity contribution >= 4 is 11.9 Å². The first-order valence-corrected chi connectivity index (χ1v) is 10.3. The van der Waals surface area contributed by atoms with Crippen molar-refractivity contribution in [3.05, 3.63) is 88.8 Å². The van der Waals surface area contributed by atoms with E-state index in [0.29, 0.717) is 18.7 Å². The second-order valence-electron chi connectivity index (χ2n) is 7.51. The Kier molecular flexibility index (Phi) is 7.65.